The van der Waals surface area contributed by atoms with Crippen molar-refractivity contribution in [2.45, 2.75) is 13.0 Å². The highest BCUT2D eigenvalue weighted by atomic mass is 79.9. The molecule has 2 rings (SSSR count). The number of nitrogens with one attached hydrogen (secondary N) is 1. The van der Waals surface area contributed by atoms with Gasteiger partial charge in [0.1, 0.15) is 5.75 Å². The summed E-state index contributed by atoms with van der Waals surface area (Å²) in [6.07, 6.45) is -0.698. The molecule has 0 aliphatic carbocycles. The second-order valence-electron chi connectivity index (χ2n) is 4.30. The zero-order valence-electron chi connectivity index (χ0n) is 11.1. The first kappa shape index (κ1) is 16.1. The second kappa shape index (κ2) is 7.16. The molecular formula is C15H12BrCl2NO2. The van der Waals surface area contributed by atoms with Crippen LogP contribution in [0.5, 0.6) is 5.75 Å². The minimum absolute atomic E-state index is 0.270. The number of carbonyl (C=O) groups is 1. The van der Waals surface area contributed by atoms with Gasteiger partial charge < -0.3 is 10.1 Å². The van der Waals surface area contributed by atoms with Crippen LogP contribution in [-0.2, 0) is 4.79 Å². The molecule has 0 spiro atoms. The van der Waals surface area contributed by atoms with Crippen LogP contribution in [-0.4, -0.2) is 12.0 Å². The first-order valence-electron chi connectivity index (χ1n) is 6.14. The topological polar surface area (TPSA) is 38.3 Å². The van der Waals surface area contributed by atoms with Crippen molar-refractivity contribution >= 4 is 50.7 Å². The molecule has 0 aliphatic heterocycles. The van der Waals surface area contributed by atoms with Gasteiger partial charge in [-0.2, -0.15) is 0 Å². The van der Waals surface area contributed by atoms with E-state index in [0.29, 0.717) is 21.5 Å². The van der Waals surface area contributed by atoms with E-state index in [2.05, 4.69) is 21.2 Å². The Morgan fingerprint density at radius 3 is 2.62 bits per heavy atom. The fourth-order valence-corrected chi connectivity index (χ4v) is 2.45. The number of rotatable bonds is 4. The molecule has 0 saturated heterocycles. The highest BCUT2D eigenvalue weighted by molar-refractivity contribution is 9.10. The van der Waals surface area contributed by atoms with Gasteiger partial charge in [-0.05, 0) is 53.2 Å². The summed E-state index contributed by atoms with van der Waals surface area (Å²) in [5.41, 5.74) is 0.681. The Balaban J connectivity index is 2.04. The molecule has 0 fully saturated rings. The van der Waals surface area contributed by atoms with Gasteiger partial charge in [0.05, 0.1) is 10.7 Å². The Bertz CT molecular complexity index is 664. The Labute approximate surface area is 141 Å². The van der Waals surface area contributed by atoms with Crippen molar-refractivity contribution in [1.82, 2.24) is 0 Å². The molecule has 110 valence electrons. The van der Waals surface area contributed by atoms with Crippen LogP contribution in [0, 0.1) is 0 Å². The lowest BCUT2D eigenvalue weighted by atomic mass is 10.3. The highest BCUT2D eigenvalue weighted by Gasteiger charge is 2.17. The fourth-order valence-electron chi connectivity index (χ4n) is 1.61. The molecule has 1 amide bonds. The van der Waals surface area contributed by atoms with Crippen LogP contribution in [0.1, 0.15) is 6.92 Å². The molecule has 1 N–H and O–H groups in total. The van der Waals surface area contributed by atoms with Crippen molar-refractivity contribution < 1.29 is 9.53 Å². The van der Waals surface area contributed by atoms with Gasteiger partial charge in [0.25, 0.3) is 5.91 Å². The van der Waals surface area contributed by atoms with Crippen LogP contribution in [0.15, 0.2) is 46.9 Å². The van der Waals surface area contributed by atoms with Crippen LogP contribution in [0.4, 0.5) is 5.69 Å². The van der Waals surface area contributed by atoms with Gasteiger partial charge in [-0.1, -0.05) is 35.3 Å². The van der Waals surface area contributed by atoms with E-state index in [1.54, 1.807) is 31.2 Å². The first-order valence-corrected chi connectivity index (χ1v) is 7.69. The van der Waals surface area contributed by atoms with E-state index < -0.39 is 6.10 Å². The third kappa shape index (κ3) is 4.37. The van der Waals surface area contributed by atoms with Crippen molar-refractivity contribution in [3.8, 4) is 5.75 Å². The van der Waals surface area contributed by atoms with E-state index >= 15 is 0 Å². The summed E-state index contributed by atoms with van der Waals surface area (Å²) in [4.78, 5) is 12.1. The van der Waals surface area contributed by atoms with Crippen molar-refractivity contribution in [2.24, 2.45) is 0 Å². The Kier molecular flexibility index (Phi) is 5.51. The van der Waals surface area contributed by atoms with Crippen molar-refractivity contribution in [2.75, 3.05) is 5.32 Å². The average molecular weight is 389 g/mol. The summed E-state index contributed by atoms with van der Waals surface area (Å²) in [5.74, 6) is 0.142. The summed E-state index contributed by atoms with van der Waals surface area (Å²) >= 11 is 15.2. The molecule has 0 bridgehead atoms. The quantitative estimate of drug-likeness (QED) is 0.785. The van der Waals surface area contributed by atoms with Crippen LogP contribution < -0.4 is 10.1 Å². The lowest BCUT2D eigenvalue weighted by Crippen LogP contribution is -2.30. The van der Waals surface area contributed by atoms with Gasteiger partial charge in [0, 0.05) is 9.50 Å². The maximum Gasteiger partial charge on any atom is 0.265 e. The fraction of sp³-hybridized carbons (Fsp3) is 0.133. The lowest BCUT2D eigenvalue weighted by molar-refractivity contribution is -0.122. The standard InChI is InChI=1S/C15H12BrCl2NO2/c1-9(21-14-7-6-10(17)8-12(14)18)15(20)19-13-5-3-2-4-11(13)16/h2-9H,1H3,(H,19,20). The predicted molar refractivity (Wildman–Crippen MR) is 89.3 cm³/mol. The summed E-state index contributed by atoms with van der Waals surface area (Å²) in [7, 11) is 0. The Morgan fingerprint density at radius 2 is 1.95 bits per heavy atom. The molecule has 0 radical (unpaired) electrons. The van der Waals surface area contributed by atoms with Gasteiger partial charge in [-0.15, -0.1) is 0 Å². The van der Waals surface area contributed by atoms with Crippen molar-refractivity contribution in [1.29, 1.82) is 0 Å². The van der Waals surface area contributed by atoms with Gasteiger partial charge >= 0.3 is 0 Å². The van der Waals surface area contributed by atoms with Gasteiger partial charge in [-0.3, -0.25) is 4.79 Å². The third-order valence-electron chi connectivity index (χ3n) is 2.70. The van der Waals surface area contributed by atoms with Crippen LogP contribution in [0.25, 0.3) is 0 Å². The SMILES string of the molecule is CC(Oc1ccc(Cl)cc1Cl)C(=O)Nc1ccccc1Br. The zero-order chi connectivity index (χ0) is 15.4. The maximum atomic E-state index is 12.1. The largest absolute Gasteiger partial charge is 0.479 e. The molecule has 2 aromatic carbocycles. The normalized spacial score (nSPS) is 11.8. The zero-order valence-corrected chi connectivity index (χ0v) is 14.2. The van der Waals surface area contributed by atoms with E-state index in [-0.39, 0.29) is 5.91 Å². The molecule has 2 aromatic rings. The molecule has 6 heteroatoms. The third-order valence-corrected chi connectivity index (χ3v) is 3.92. The number of hydrogen-bond donors (Lipinski definition) is 1. The van der Waals surface area contributed by atoms with Crippen LogP contribution in [0.3, 0.4) is 0 Å². The minimum Gasteiger partial charge on any atom is -0.479 e. The summed E-state index contributed by atoms with van der Waals surface area (Å²) in [6.45, 7) is 1.65. The second-order valence-corrected chi connectivity index (χ2v) is 6.00. The summed E-state index contributed by atoms with van der Waals surface area (Å²) in [5, 5.41) is 3.66. The number of ether oxygens (including phenoxy) is 1. The van der Waals surface area contributed by atoms with E-state index in [0.717, 1.165) is 4.47 Å². The molecule has 1 atom stereocenters. The number of anilines is 1. The number of benzene rings is 2. The number of hydrogen-bond acceptors (Lipinski definition) is 2. The highest BCUT2D eigenvalue weighted by Crippen LogP contribution is 2.28. The number of amides is 1. The summed E-state index contributed by atoms with van der Waals surface area (Å²) in [6, 6.07) is 12.2. The molecule has 0 aliphatic rings. The molecular weight excluding hydrogens is 377 g/mol. The number of carbonyl (C=O) groups excluding carboxylic acids is 1. The minimum atomic E-state index is -0.698. The summed E-state index contributed by atoms with van der Waals surface area (Å²) < 4.78 is 6.36. The van der Waals surface area contributed by atoms with Crippen LogP contribution >= 0.6 is 39.1 Å². The molecule has 3 nitrogen and oxygen atoms in total. The smallest absolute Gasteiger partial charge is 0.265 e. The van der Waals surface area contributed by atoms with E-state index in [4.69, 9.17) is 27.9 Å². The van der Waals surface area contributed by atoms with Gasteiger partial charge in [0.15, 0.2) is 6.10 Å². The molecule has 1 unspecified atom stereocenters. The molecule has 21 heavy (non-hydrogen) atoms. The predicted octanol–water partition coefficient (Wildman–Crippen LogP) is 5.16. The van der Waals surface area contributed by atoms with Gasteiger partial charge in [-0.25, -0.2) is 0 Å². The number of para-hydroxylation sites is 1. The Morgan fingerprint density at radius 1 is 1.24 bits per heavy atom. The van der Waals surface area contributed by atoms with Crippen molar-refractivity contribution in [3.63, 3.8) is 0 Å². The maximum absolute atomic E-state index is 12.1. The van der Waals surface area contributed by atoms with E-state index in [1.165, 1.54) is 0 Å². The monoisotopic (exact) mass is 387 g/mol. The van der Waals surface area contributed by atoms with Gasteiger partial charge in [0.2, 0.25) is 0 Å². The molecule has 0 heterocycles. The lowest BCUT2D eigenvalue weighted by Gasteiger charge is -2.16. The van der Waals surface area contributed by atoms with Crippen molar-refractivity contribution in [3.05, 3.63) is 57.0 Å². The molecule has 0 aromatic heterocycles. The van der Waals surface area contributed by atoms with E-state index in [1.807, 2.05) is 18.2 Å². The van der Waals surface area contributed by atoms with Crippen LogP contribution in [0.2, 0.25) is 10.0 Å². The first-order chi connectivity index (χ1) is 9.97. The Hall–Kier alpha value is -1.23. The molecule has 0 saturated carbocycles. The number of halogens is 3. The average Bonchev–Trinajstić information content (AvgIpc) is 2.44. The van der Waals surface area contributed by atoms with E-state index in [9.17, 15) is 4.79 Å².